The van der Waals surface area contributed by atoms with Crippen molar-refractivity contribution in [2.75, 3.05) is 13.7 Å². The standard InChI is InChI=1S/C16H23NO4/c1-21-15-10-12(4-7-14(15)19)16(20)17-9-8-11-2-5-13(18)6-3-11/h2-3,5-6,12,14-15,18-19H,4,7-10H2,1H3,(H,17,20)/t12-,14+,15-/m1/s1. The first-order valence-electron chi connectivity index (χ1n) is 7.36. The number of methoxy groups -OCH3 is 1. The summed E-state index contributed by atoms with van der Waals surface area (Å²) in [6.45, 7) is 0.570. The van der Waals surface area contributed by atoms with Gasteiger partial charge in [0.25, 0.3) is 0 Å². The first kappa shape index (κ1) is 15.8. The smallest absolute Gasteiger partial charge is 0.223 e. The van der Waals surface area contributed by atoms with Gasteiger partial charge in [-0.3, -0.25) is 4.79 Å². The number of aromatic hydroxyl groups is 1. The number of aliphatic hydroxyl groups is 1. The summed E-state index contributed by atoms with van der Waals surface area (Å²) >= 11 is 0. The second-order valence-electron chi connectivity index (χ2n) is 5.56. The third-order valence-electron chi connectivity index (χ3n) is 4.08. The Hall–Kier alpha value is -1.59. The van der Waals surface area contributed by atoms with Crippen LogP contribution in [0.4, 0.5) is 0 Å². The van der Waals surface area contributed by atoms with Crippen LogP contribution in [0, 0.1) is 5.92 Å². The molecule has 5 heteroatoms. The second kappa shape index (κ2) is 7.43. The predicted octanol–water partition coefficient (Wildman–Crippen LogP) is 1.23. The van der Waals surface area contributed by atoms with Crippen LogP contribution in [-0.2, 0) is 16.0 Å². The van der Waals surface area contributed by atoms with Gasteiger partial charge in [0.15, 0.2) is 0 Å². The molecule has 1 aromatic rings. The monoisotopic (exact) mass is 293 g/mol. The molecule has 21 heavy (non-hydrogen) atoms. The van der Waals surface area contributed by atoms with Crippen molar-refractivity contribution in [2.24, 2.45) is 5.92 Å². The highest BCUT2D eigenvalue weighted by molar-refractivity contribution is 5.78. The van der Waals surface area contributed by atoms with E-state index in [2.05, 4.69) is 5.32 Å². The van der Waals surface area contributed by atoms with Crippen LogP contribution in [-0.4, -0.2) is 42.0 Å². The molecule has 0 saturated heterocycles. The van der Waals surface area contributed by atoms with Crippen molar-refractivity contribution < 1.29 is 19.7 Å². The molecule has 0 aliphatic heterocycles. The van der Waals surface area contributed by atoms with Crippen molar-refractivity contribution in [3.63, 3.8) is 0 Å². The van der Waals surface area contributed by atoms with Crippen molar-refractivity contribution in [1.82, 2.24) is 5.32 Å². The Morgan fingerprint density at radius 2 is 2.05 bits per heavy atom. The largest absolute Gasteiger partial charge is 0.508 e. The topological polar surface area (TPSA) is 78.8 Å². The van der Waals surface area contributed by atoms with Gasteiger partial charge >= 0.3 is 0 Å². The highest BCUT2D eigenvalue weighted by Crippen LogP contribution is 2.26. The van der Waals surface area contributed by atoms with Crippen LogP contribution in [0.15, 0.2) is 24.3 Å². The number of amides is 1. The molecule has 2 rings (SSSR count). The third-order valence-corrected chi connectivity index (χ3v) is 4.08. The summed E-state index contributed by atoms with van der Waals surface area (Å²) in [6.07, 6.45) is 1.90. The highest BCUT2D eigenvalue weighted by Gasteiger charge is 2.32. The number of hydrogen-bond donors (Lipinski definition) is 3. The van der Waals surface area contributed by atoms with E-state index in [9.17, 15) is 15.0 Å². The quantitative estimate of drug-likeness (QED) is 0.763. The van der Waals surface area contributed by atoms with Crippen LogP contribution < -0.4 is 5.32 Å². The molecule has 116 valence electrons. The fraction of sp³-hybridized carbons (Fsp3) is 0.562. The van der Waals surface area contributed by atoms with Crippen molar-refractivity contribution in [3.8, 4) is 5.75 Å². The maximum Gasteiger partial charge on any atom is 0.223 e. The number of nitrogens with one attached hydrogen (secondary N) is 1. The van der Waals surface area contributed by atoms with Gasteiger partial charge in [-0.25, -0.2) is 0 Å². The number of benzene rings is 1. The fourth-order valence-corrected chi connectivity index (χ4v) is 2.74. The van der Waals surface area contributed by atoms with E-state index in [1.807, 2.05) is 12.1 Å². The average Bonchev–Trinajstić information content (AvgIpc) is 2.49. The van der Waals surface area contributed by atoms with Gasteiger partial charge in [-0.1, -0.05) is 12.1 Å². The zero-order chi connectivity index (χ0) is 15.2. The molecule has 3 atom stereocenters. The lowest BCUT2D eigenvalue weighted by molar-refractivity contribution is -0.130. The molecule has 5 nitrogen and oxygen atoms in total. The first-order valence-corrected chi connectivity index (χ1v) is 7.36. The summed E-state index contributed by atoms with van der Waals surface area (Å²) in [5.74, 6) is 0.190. The summed E-state index contributed by atoms with van der Waals surface area (Å²) in [4.78, 5) is 12.1. The molecule has 1 fully saturated rings. The van der Waals surface area contributed by atoms with Crippen molar-refractivity contribution in [1.29, 1.82) is 0 Å². The minimum absolute atomic E-state index is 0.0303. The molecule has 0 spiro atoms. The molecule has 1 aliphatic carbocycles. The zero-order valence-corrected chi connectivity index (χ0v) is 12.3. The third kappa shape index (κ3) is 4.44. The van der Waals surface area contributed by atoms with Gasteiger partial charge in [0.05, 0.1) is 12.2 Å². The van der Waals surface area contributed by atoms with Crippen molar-refractivity contribution >= 4 is 5.91 Å². The summed E-state index contributed by atoms with van der Waals surface area (Å²) in [5.41, 5.74) is 1.07. The van der Waals surface area contributed by atoms with Gasteiger partial charge in [-0.2, -0.15) is 0 Å². The predicted molar refractivity (Wildman–Crippen MR) is 79.0 cm³/mol. The summed E-state index contributed by atoms with van der Waals surface area (Å²) in [6, 6.07) is 6.98. The van der Waals surface area contributed by atoms with E-state index in [-0.39, 0.29) is 23.7 Å². The molecule has 1 aromatic carbocycles. The minimum Gasteiger partial charge on any atom is -0.508 e. The molecule has 0 aromatic heterocycles. The molecular weight excluding hydrogens is 270 g/mol. The number of carbonyl (C=O) groups is 1. The van der Waals surface area contributed by atoms with E-state index in [1.54, 1.807) is 19.2 Å². The minimum atomic E-state index is -0.462. The highest BCUT2D eigenvalue weighted by atomic mass is 16.5. The Bertz CT molecular complexity index is 460. The first-order chi connectivity index (χ1) is 10.1. The Kier molecular flexibility index (Phi) is 5.59. The molecule has 1 amide bonds. The lowest BCUT2D eigenvalue weighted by Crippen LogP contribution is -2.41. The Labute approximate surface area is 124 Å². The van der Waals surface area contributed by atoms with E-state index >= 15 is 0 Å². The fourth-order valence-electron chi connectivity index (χ4n) is 2.74. The van der Waals surface area contributed by atoms with Gasteiger partial charge < -0.3 is 20.3 Å². The summed E-state index contributed by atoms with van der Waals surface area (Å²) in [5, 5.41) is 21.9. The van der Waals surface area contributed by atoms with Crippen LogP contribution in [0.5, 0.6) is 5.75 Å². The van der Waals surface area contributed by atoms with E-state index in [0.717, 1.165) is 12.0 Å². The lowest BCUT2D eigenvalue weighted by atomic mass is 9.84. The number of phenolic OH excluding ortho intramolecular Hbond substituents is 1. The molecule has 1 saturated carbocycles. The van der Waals surface area contributed by atoms with Gasteiger partial charge in [-0.05, 0) is 43.4 Å². The van der Waals surface area contributed by atoms with Crippen molar-refractivity contribution in [2.45, 2.75) is 37.9 Å². The average molecular weight is 293 g/mol. The Morgan fingerprint density at radius 1 is 1.33 bits per heavy atom. The number of ether oxygens (including phenoxy) is 1. The molecule has 1 aliphatic rings. The van der Waals surface area contributed by atoms with Crippen molar-refractivity contribution in [3.05, 3.63) is 29.8 Å². The van der Waals surface area contributed by atoms with Crippen LogP contribution in [0.2, 0.25) is 0 Å². The Balaban J connectivity index is 1.75. The number of rotatable bonds is 5. The summed E-state index contributed by atoms with van der Waals surface area (Å²) < 4.78 is 5.22. The van der Waals surface area contributed by atoms with Crippen LogP contribution in [0.1, 0.15) is 24.8 Å². The number of hydrogen-bond acceptors (Lipinski definition) is 4. The molecule has 0 unspecified atom stereocenters. The van der Waals surface area contributed by atoms with Crippen LogP contribution >= 0.6 is 0 Å². The molecule has 0 heterocycles. The number of aliphatic hydroxyl groups excluding tert-OH is 1. The van der Waals surface area contributed by atoms with Gasteiger partial charge in [0.2, 0.25) is 5.91 Å². The zero-order valence-electron chi connectivity index (χ0n) is 12.3. The normalized spacial score (nSPS) is 25.5. The van der Waals surface area contributed by atoms with E-state index in [1.165, 1.54) is 0 Å². The molecule has 0 radical (unpaired) electrons. The number of carbonyl (C=O) groups excluding carboxylic acids is 1. The number of phenols is 1. The molecule has 0 bridgehead atoms. The van der Waals surface area contributed by atoms with E-state index < -0.39 is 6.10 Å². The molecule has 3 N–H and O–H groups in total. The van der Waals surface area contributed by atoms with E-state index in [4.69, 9.17) is 4.74 Å². The summed E-state index contributed by atoms with van der Waals surface area (Å²) in [7, 11) is 1.57. The molecular formula is C16H23NO4. The lowest BCUT2D eigenvalue weighted by Gasteiger charge is -2.31. The van der Waals surface area contributed by atoms with Gasteiger partial charge in [-0.15, -0.1) is 0 Å². The Morgan fingerprint density at radius 3 is 2.71 bits per heavy atom. The van der Waals surface area contributed by atoms with Gasteiger partial charge in [0, 0.05) is 19.6 Å². The second-order valence-corrected chi connectivity index (χ2v) is 5.56. The van der Waals surface area contributed by atoms with Gasteiger partial charge in [0.1, 0.15) is 5.75 Å². The maximum atomic E-state index is 12.1. The maximum absolute atomic E-state index is 12.1. The van der Waals surface area contributed by atoms with Crippen LogP contribution in [0.3, 0.4) is 0 Å². The van der Waals surface area contributed by atoms with E-state index in [0.29, 0.717) is 25.8 Å². The SMILES string of the molecule is CO[C@@H]1C[C@H](C(=O)NCCc2ccc(O)cc2)CC[C@@H]1O. The van der Waals surface area contributed by atoms with Crippen LogP contribution in [0.25, 0.3) is 0 Å².